The summed E-state index contributed by atoms with van der Waals surface area (Å²) in [6.07, 6.45) is 3.43. The molecule has 11 heteroatoms. The van der Waals surface area contributed by atoms with E-state index in [9.17, 15) is 19.2 Å². The first-order valence-corrected chi connectivity index (χ1v) is 16.2. The van der Waals surface area contributed by atoms with E-state index in [0.717, 1.165) is 48.0 Å². The van der Waals surface area contributed by atoms with Crippen LogP contribution in [0.5, 0.6) is 0 Å². The molecule has 0 radical (unpaired) electrons. The Kier molecular flexibility index (Phi) is 9.98. The molecule has 1 unspecified atom stereocenters. The summed E-state index contributed by atoms with van der Waals surface area (Å²) in [5.74, 6) is 0.860. The molecule has 2 aliphatic rings. The van der Waals surface area contributed by atoms with Crippen LogP contribution >= 0.6 is 0 Å². The van der Waals surface area contributed by atoms with Crippen molar-refractivity contribution in [1.82, 2.24) is 24.7 Å². The summed E-state index contributed by atoms with van der Waals surface area (Å²) < 4.78 is 5.54. The fraction of sp³-hybridized carbons (Fsp3) is 0.514. The summed E-state index contributed by atoms with van der Waals surface area (Å²) >= 11 is 0. The van der Waals surface area contributed by atoms with Crippen molar-refractivity contribution in [3.8, 4) is 0 Å². The average molecular weight is 631 g/mol. The molecule has 1 aromatic heterocycles. The number of anilines is 1. The van der Waals surface area contributed by atoms with Gasteiger partial charge in [-0.25, -0.2) is 9.78 Å². The molecular formula is C35H46N6O5. The fourth-order valence-corrected chi connectivity index (χ4v) is 6.27. The molecule has 1 saturated heterocycles. The molecule has 3 aromatic rings. The van der Waals surface area contributed by atoms with E-state index in [1.165, 1.54) is 6.92 Å². The number of nitrogens with one attached hydrogen (secondary N) is 2. The summed E-state index contributed by atoms with van der Waals surface area (Å²) in [6, 6.07) is 12.6. The van der Waals surface area contributed by atoms with Gasteiger partial charge in [-0.05, 0) is 95.2 Å². The highest BCUT2D eigenvalue weighted by Gasteiger charge is 2.30. The fourth-order valence-electron chi connectivity index (χ4n) is 6.27. The lowest BCUT2D eigenvalue weighted by molar-refractivity contribution is -0.132. The van der Waals surface area contributed by atoms with Crippen LogP contribution in [0, 0.1) is 5.92 Å². The van der Waals surface area contributed by atoms with Crippen molar-refractivity contribution in [3.05, 3.63) is 59.4 Å². The van der Waals surface area contributed by atoms with Crippen molar-refractivity contribution in [2.45, 2.75) is 84.5 Å². The van der Waals surface area contributed by atoms with Crippen LogP contribution in [-0.4, -0.2) is 86.7 Å². The molecule has 3 heterocycles. The number of imidazole rings is 1. The van der Waals surface area contributed by atoms with Crippen LogP contribution in [0.4, 0.5) is 10.5 Å². The molecule has 246 valence electrons. The van der Waals surface area contributed by atoms with Crippen LogP contribution in [0.15, 0.2) is 42.5 Å². The van der Waals surface area contributed by atoms with Gasteiger partial charge in [0.25, 0.3) is 5.91 Å². The molecule has 2 aromatic carbocycles. The normalized spacial score (nSPS) is 17.3. The highest BCUT2D eigenvalue weighted by molar-refractivity contribution is 5.96. The molecule has 0 saturated carbocycles. The van der Waals surface area contributed by atoms with E-state index in [-0.39, 0.29) is 30.1 Å². The van der Waals surface area contributed by atoms with Crippen LogP contribution in [0.1, 0.15) is 81.5 Å². The number of likely N-dealkylation sites (tertiary alicyclic amines) is 1. The largest absolute Gasteiger partial charge is 0.444 e. The number of Topliss-reactive ketones (excluding diaryl/α,β-unsaturated/α-hetero) is 1. The van der Waals surface area contributed by atoms with Crippen molar-refractivity contribution in [3.63, 3.8) is 0 Å². The molecule has 1 fully saturated rings. The number of amides is 3. The van der Waals surface area contributed by atoms with E-state index in [1.54, 1.807) is 22.9 Å². The minimum absolute atomic E-state index is 0.0654. The minimum atomic E-state index is -0.633. The summed E-state index contributed by atoms with van der Waals surface area (Å²) in [4.78, 5) is 64.6. The number of likely N-dealkylation sites (N-methyl/N-ethyl adjacent to an activating group) is 1. The van der Waals surface area contributed by atoms with Crippen LogP contribution < -0.4 is 5.32 Å². The van der Waals surface area contributed by atoms with E-state index >= 15 is 0 Å². The quantitative estimate of drug-likeness (QED) is 0.326. The predicted molar refractivity (Wildman–Crippen MR) is 176 cm³/mol. The summed E-state index contributed by atoms with van der Waals surface area (Å²) in [5.41, 5.74) is 3.38. The van der Waals surface area contributed by atoms with Gasteiger partial charge in [0.05, 0.1) is 17.6 Å². The van der Waals surface area contributed by atoms with E-state index in [4.69, 9.17) is 9.72 Å². The Morgan fingerprint density at radius 2 is 1.83 bits per heavy atom. The predicted octanol–water partition coefficient (Wildman–Crippen LogP) is 5.36. The number of aromatic nitrogens is 2. The smallest absolute Gasteiger partial charge is 0.410 e. The second-order valence-electron chi connectivity index (χ2n) is 13.6. The van der Waals surface area contributed by atoms with Gasteiger partial charge in [-0.3, -0.25) is 14.4 Å². The first-order valence-electron chi connectivity index (χ1n) is 16.2. The van der Waals surface area contributed by atoms with Crippen LogP contribution in [0.2, 0.25) is 0 Å². The van der Waals surface area contributed by atoms with Gasteiger partial charge in [-0.2, -0.15) is 0 Å². The maximum Gasteiger partial charge on any atom is 0.410 e. The number of carbonyl (C=O) groups excluding carboxylic acids is 4. The second-order valence-corrected chi connectivity index (χ2v) is 13.6. The maximum absolute atomic E-state index is 14.1. The second kappa shape index (κ2) is 13.9. The zero-order valence-electron chi connectivity index (χ0n) is 27.6. The Hall–Kier alpha value is -4.41. The van der Waals surface area contributed by atoms with Gasteiger partial charge in [0.15, 0.2) is 0 Å². The minimum Gasteiger partial charge on any atom is -0.444 e. The molecule has 11 nitrogen and oxygen atoms in total. The van der Waals surface area contributed by atoms with E-state index in [0.29, 0.717) is 50.0 Å². The number of hydrogen-bond acceptors (Lipinski definition) is 7. The van der Waals surface area contributed by atoms with Gasteiger partial charge in [-0.15, -0.1) is 0 Å². The summed E-state index contributed by atoms with van der Waals surface area (Å²) in [7, 11) is 1.71. The van der Waals surface area contributed by atoms with Crippen LogP contribution in [-0.2, 0) is 27.4 Å². The van der Waals surface area contributed by atoms with Gasteiger partial charge in [-0.1, -0.05) is 12.1 Å². The number of para-hydroxylation sites is 2. The third-order valence-corrected chi connectivity index (χ3v) is 8.63. The van der Waals surface area contributed by atoms with E-state index in [2.05, 4.69) is 10.3 Å². The molecular weight excluding hydrogens is 584 g/mol. The number of piperidine rings is 1. The number of H-pyrrole nitrogens is 1. The number of rotatable bonds is 9. The number of fused-ring (bicyclic) bond motifs is 2. The molecule has 2 aliphatic heterocycles. The molecule has 0 bridgehead atoms. The van der Waals surface area contributed by atoms with Crippen LogP contribution in [0.25, 0.3) is 11.0 Å². The van der Waals surface area contributed by atoms with Gasteiger partial charge < -0.3 is 29.7 Å². The van der Waals surface area contributed by atoms with Crippen molar-refractivity contribution in [2.24, 2.45) is 5.92 Å². The zero-order chi connectivity index (χ0) is 33.0. The monoisotopic (exact) mass is 630 g/mol. The van der Waals surface area contributed by atoms with Gasteiger partial charge in [0.1, 0.15) is 23.3 Å². The zero-order valence-corrected chi connectivity index (χ0v) is 27.6. The topological polar surface area (TPSA) is 128 Å². The van der Waals surface area contributed by atoms with Gasteiger partial charge in [0, 0.05) is 50.9 Å². The third kappa shape index (κ3) is 8.24. The number of carbonyl (C=O) groups is 4. The lowest BCUT2D eigenvalue weighted by atomic mass is 9.92. The van der Waals surface area contributed by atoms with Crippen molar-refractivity contribution in [2.75, 3.05) is 32.0 Å². The molecule has 0 spiro atoms. The SMILES string of the molecule is CC(=O)CC1Nc2ccc(C(=O)N(CCCC3CCN(C(=O)OC(C)(C)C)CC3)Cc3nc4ccccc4[nH]3)cc2CN(C)C1=O. The first-order chi connectivity index (χ1) is 21.9. The summed E-state index contributed by atoms with van der Waals surface area (Å²) in [6.45, 7) is 9.69. The highest BCUT2D eigenvalue weighted by Crippen LogP contribution is 2.27. The Balaban J connectivity index is 1.28. The standard InChI is InChI=1S/C35H46N6O5/c1-23(42)19-30-33(44)39(5)21-26-20-25(12-13-27(26)36-30)32(43)41(22-31-37-28-10-6-7-11-29(28)38-31)16-8-9-24-14-17-40(18-15-24)34(45)46-35(2,3)4/h6-7,10-13,20,24,30,36H,8-9,14-19,21-22H2,1-5H3,(H,37,38). The Bertz CT molecular complexity index is 1550. The van der Waals surface area contributed by atoms with Crippen molar-refractivity contribution in [1.29, 1.82) is 0 Å². The first kappa shape index (κ1) is 33.0. The van der Waals surface area contributed by atoms with Crippen molar-refractivity contribution >= 4 is 40.4 Å². The number of ether oxygens (including phenoxy) is 1. The van der Waals surface area contributed by atoms with E-state index < -0.39 is 11.6 Å². The number of aromatic amines is 1. The third-order valence-electron chi connectivity index (χ3n) is 8.63. The maximum atomic E-state index is 14.1. The molecule has 3 amide bonds. The highest BCUT2D eigenvalue weighted by atomic mass is 16.6. The lowest BCUT2D eigenvalue weighted by Crippen LogP contribution is -2.41. The number of benzene rings is 2. The molecule has 2 N–H and O–H groups in total. The van der Waals surface area contributed by atoms with E-state index in [1.807, 2.05) is 62.1 Å². The summed E-state index contributed by atoms with van der Waals surface area (Å²) in [5, 5.41) is 3.23. The van der Waals surface area contributed by atoms with Crippen LogP contribution in [0.3, 0.4) is 0 Å². The molecule has 1 atom stereocenters. The Morgan fingerprint density at radius 1 is 1.09 bits per heavy atom. The van der Waals surface area contributed by atoms with Crippen molar-refractivity contribution < 1.29 is 23.9 Å². The Morgan fingerprint density at radius 3 is 2.52 bits per heavy atom. The van der Waals surface area contributed by atoms with Gasteiger partial charge in [0.2, 0.25) is 5.91 Å². The number of ketones is 1. The average Bonchev–Trinajstić information content (AvgIpc) is 3.37. The molecule has 5 rings (SSSR count). The lowest BCUT2D eigenvalue weighted by Gasteiger charge is -2.33. The number of hydrogen-bond donors (Lipinski definition) is 2. The van der Waals surface area contributed by atoms with Gasteiger partial charge >= 0.3 is 6.09 Å². The number of nitrogens with zero attached hydrogens (tertiary/aromatic N) is 4. The Labute approximate surface area is 270 Å². The molecule has 46 heavy (non-hydrogen) atoms. The molecule has 0 aliphatic carbocycles.